The number of unbranched alkanes of at least 4 members (excludes halogenated alkanes) is 4. The van der Waals surface area contributed by atoms with E-state index >= 15 is 0 Å². The third-order valence-electron chi connectivity index (χ3n) is 3.79. The zero-order valence-corrected chi connectivity index (χ0v) is 20.3. The highest BCUT2D eigenvalue weighted by molar-refractivity contribution is 8.13. The van der Waals surface area contributed by atoms with Crippen LogP contribution >= 0.6 is 0 Å². The summed E-state index contributed by atoms with van der Waals surface area (Å²) in [6.45, 7) is 7.36. The average Bonchev–Trinajstić information content (AvgIpc) is 3.13. The fraction of sp³-hybridized carbons (Fsp3) is 0.824. The SMILES string of the molecule is CCCCCOCn1cc[n+](COCCCCC)c1.O=S(=O)([N-]S(=O)(=O)C(F)(F)F)C(F)(F)F. The van der Waals surface area contributed by atoms with Crippen molar-refractivity contribution in [2.24, 2.45) is 0 Å². The Hall–Kier alpha value is -1.43. The van der Waals surface area contributed by atoms with Crippen LogP contribution in [0.25, 0.3) is 4.13 Å². The van der Waals surface area contributed by atoms with Crippen LogP contribution in [-0.4, -0.2) is 45.6 Å². The fourth-order valence-electron chi connectivity index (χ4n) is 2.05. The zero-order valence-electron chi connectivity index (χ0n) is 18.7. The number of sulfonamides is 2. The molecular formula is C17H29F6N3O6S2. The normalized spacial score (nSPS) is 12.9. The number of ether oxygens (including phenoxy) is 2. The van der Waals surface area contributed by atoms with Crippen LogP contribution in [0.3, 0.4) is 0 Å². The molecule has 0 bridgehead atoms. The van der Waals surface area contributed by atoms with E-state index in [1.165, 1.54) is 25.7 Å². The summed E-state index contributed by atoms with van der Waals surface area (Å²) >= 11 is 0. The number of hydrogen-bond acceptors (Lipinski definition) is 6. The van der Waals surface area contributed by atoms with Gasteiger partial charge in [0, 0.05) is 0 Å². The molecule has 17 heteroatoms. The molecule has 1 rings (SSSR count). The lowest BCUT2D eigenvalue weighted by Gasteiger charge is -2.22. The van der Waals surface area contributed by atoms with Crippen LogP contribution in [0.1, 0.15) is 52.4 Å². The quantitative estimate of drug-likeness (QED) is 0.196. The summed E-state index contributed by atoms with van der Waals surface area (Å²) in [4.78, 5) is 0. The van der Waals surface area contributed by atoms with E-state index in [0.29, 0.717) is 13.5 Å². The molecule has 0 aliphatic carbocycles. The predicted molar refractivity (Wildman–Crippen MR) is 109 cm³/mol. The first-order chi connectivity index (χ1) is 15.6. The Balaban J connectivity index is 0.000000661. The summed E-state index contributed by atoms with van der Waals surface area (Å²) in [6, 6.07) is 0. The molecule has 0 radical (unpaired) electrons. The van der Waals surface area contributed by atoms with Crippen LogP contribution in [0, 0.1) is 0 Å². The monoisotopic (exact) mass is 549 g/mol. The second kappa shape index (κ2) is 14.9. The molecule has 202 valence electrons. The number of alkyl halides is 6. The van der Waals surface area contributed by atoms with E-state index in [-0.39, 0.29) is 0 Å². The molecule has 34 heavy (non-hydrogen) atoms. The summed E-state index contributed by atoms with van der Waals surface area (Å²) < 4.78 is 124. The molecule has 0 aromatic carbocycles. The molecule has 0 spiro atoms. The highest BCUT2D eigenvalue weighted by Gasteiger charge is 2.46. The van der Waals surface area contributed by atoms with Gasteiger partial charge in [0.2, 0.25) is 6.33 Å². The Morgan fingerprint density at radius 2 is 1.29 bits per heavy atom. The summed E-state index contributed by atoms with van der Waals surface area (Å²) in [5.41, 5.74) is -12.4. The fourth-order valence-corrected chi connectivity index (χ4v) is 3.76. The van der Waals surface area contributed by atoms with Gasteiger partial charge < -0.3 is 13.6 Å². The molecule has 0 saturated carbocycles. The molecule has 0 N–H and O–H groups in total. The van der Waals surface area contributed by atoms with E-state index in [9.17, 15) is 43.2 Å². The summed E-state index contributed by atoms with van der Waals surface area (Å²) in [5.74, 6) is 0. The number of imidazole rings is 1. The Labute approximate surface area is 195 Å². The van der Waals surface area contributed by atoms with Crippen LogP contribution < -0.4 is 4.57 Å². The first-order valence-corrected chi connectivity index (χ1v) is 13.0. The van der Waals surface area contributed by atoms with Crippen molar-refractivity contribution in [2.45, 2.75) is 76.9 Å². The standard InChI is InChI=1S/C15H29N2O2.C2F6NO4S2/c1-3-5-7-11-18-14-16-9-10-17(13-16)15-19-12-8-6-4-2;3-1(4,5)14(10,11)9-15(12,13)2(6,7)8/h9-10,13H,3-8,11-12,14-15H2,1-2H3;/q+1;-1. The Morgan fingerprint density at radius 3 is 1.74 bits per heavy atom. The van der Waals surface area contributed by atoms with E-state index in [1.807, 2.05) is 27.9 Å². The molecule has 0 amide bonds. The minimum Gasteiger partial charge on any atom is -0.421 e. The van der Waals surface area contributed by atoms with Crippen LogP contribution in [0.5, 0.6) is 0 Å². The molecular weight excluding hydrogens is 520 g/mol. The highest BCUT2D eigenvalue weighted by atomic mass is 32.3. The molecule has 0 atom stereocenters. The summed E-state index contributed by atoms with van der Waals surface area (Å²) in [7, 11) is -13.4. The van der Waals surface area contributed by atoms with Crippen molar-refractivity contribution in [3.63, 3.8) is 0 Å². The molecule has 0 saturated heterocycles. The molecule has 1 heterocycles. The molecule has 0 aliphatic heterocycles. The van der Waals surface area contributed by atoms with Crippen molar-refractivity contribution < 1.29 is 57.2 Å². The van der Waals surface area contributed by atoms with Crippen molar-refractivity contribution in [2.75, 3.05) is 13.2 Å². The minimum absolute atomic E-state index is 0.631. The van der Waals surface area contributed by atoms with Crippen LogP contribution in [0.2, 0.25) is 0 Å². The van der Waals surface area contributed by atoms with E-state index in [4.69, 9.17) is 9.47 Å². The summed E-state index contributed by atoms with van der Waals surface area (Å²) in [5, 5.41) is 0. The Morgan fingerprint density at radius 1 is 0.824 bits per heavy atom. The van der Waals surface area contributed by atoms with Crippen LogP contribution in [-0.2, 0) is 43.0 Å². The first kappa shape index (κ1) is 32.6. The van der Waals surface area contributed by atoms with Gasteiger partial charge in [0.1, 0.15) is 12.4 Å². The lowest BCUT2D eigenvalue weighted by atomic mass is 10.3. The number of rotatable bonds is 14. The van der Waals surface area contributed by atoms with Gasteiger partial charge in [-0.25, -0.2) is 26.0 Å². The van der Waals surface area contributed by atoms with Gasteiger partial charge in [-0.2, -0.15) is 26.3 Å². The maximum Gasteiger partial charge on any atom is 0.480 e. The number of aromatic nitrogens is 2. The van der Waals surface area contributed by atoms with E-state index in [0.717, 1.165) is 30.2 Å². The minimum atomic E-state index is -6.72. The van der Waals surface area contributed by atoms with Crippen molar-refractivity contribution in [1.82, 2.24) is 4.57 Å². The van der Waals surface area contributed by atoms with Gasteiger partial charge in [-0.3, -0.25) is 0 Å². The molecule has 1 aromatic heterocycles. The van der Waals surface area contributed by atoms with Gasteiger partial charge in [-0.1, -0.05) is 39.5 Å². The van der Waals surface area contributed by atoms with Crippen LogP contribution in [0.4, 0.5) is 26.3 Å². The highest BCUT2D eigenvalue weighted by Crippen LogP contribution is 2.36. The van der Waals surface area contributed by atoms with Crippen LogP contribution in [0.15, 0.2) is 18.7 Å². The lowest BCUT2D eigenvalue weighted by molar-refractivity contribution is -0.732. The van der Waals surface area contributed by atoms with E-state index in [1.54, 1.807) is 0 Å². The van der Waals surface area contributed by atoms with Gasteiger partial charge in [-0.05, 0) is 12.8 Å². The third-order valence-corrected chi connectivity index (χ3v) is 6.53. The van der Waals surface area contributed by atoms with Gasteiger partial charge in [0.25, 0.3) is 0 Å². The Kier molecular flexibility index (Phi) is 14.2. The first-order valence-electron chi connectivity index (χ1n) is 10.1. The van der Waals surface area contributed by atoms with Gasteiger partial charge in [0.05, 0.1) is 13.2 Å². The smallest absolute Gasteiger partial charge is 0.421 e. The second-order valence-electron chi connectivity index (χ2n) is 6.85. The second-order valence-corrected chi connectivity index (χ2v) is 10.3. The van der Waals surface area contributed by atoms with Gasteiger partial charge in [-0.15, -0.1) is 0 Å². The van der Waals surface area contributed by atoms with E-state index < -0.39 is 31.1 Å². The predicted octanol–water partition coefficient (Wildman–Crippen LogP) is 4.16. The number of nitrogens with zero attached hydrogens (tertiary/aromatic N) is 3. The van der Waals surface area contributed by atoms with Crippen molar-refractivity contribution in [3.8, 4) is 0 Å². The number of halogens is 6. The maximum absolute atomic E-state index is 11.4. The van der Waals surface area contributed by atoms with Gasteiger partial charge in [0.15, 0.2) is 33.5 Å². The van der Waals surface area contributed by atoms with Crippen molar-refractivity contribution in [3.05, 3.63) is 22.8 Å². The van der Waals surface area contributed by atoms with E-state index in [2.05, 4.69) is 13.8 Å². The lowest BCUT2D eigenvalue weighted by Crippen LogP contribution is -2.32. The zero-order chi connectivity index (χ0) is 26.5. The molecule has 9 nitrogen and oxygen atoms in total. The average molecular weight is 550 g/mol. The molecule has 0 unspecified atom stereocenters. The summed E-state index contributed by atoms with van der Waals surface area (Å²) in [6.07, 6.45) is 13.3. The Bertz CT molecular complexity index is 831. The number of hydrogen-bond donors (Lipinski definition) is 0. The van der Waals surface area contributed by atoms with Crippen molar-refractivity contribution >= 4 is 20.0 Å². The molecule has 0 fully saturated rings. The van der Waals surface area contributed by atoms with Gasteiger partial charge >= 0.3 is 11.0 Å². The molecule has 0 aliphatic rings. The largest absolute Gasteiger partial charge is 0.480 e. The molecule has 1 aromatic rings. The third kappa shape index (κ3) is 12.9. The maximum atomic E-state index is 11.4. The van der Waals surface area contributed by atoms with Crippen molar-refractivity contribution in [1.29, 1.82) is 0 Å². The topological polar surface area (TPSA) is 110 Å².